The predicted octanol–water partition coefficient (Wildman–Crippen LogP) is 10.6. The van der Waals surface area contributed by atoms with E-state index in [-0.39, 0.29) is 0 Å². The van der Waals surface area contributed by atoms with E-state index in [9.17, 15) is 0 Å². The molecule has 0 saturated heterocycles. The molecule has 5 aromatic carbocycles. The van der Waals surface area contributed by atoms with Crippen LogP contribution in [0.1, 0.15) is 0 Å². The molecule has 33 heavy (non-hydrogen) atoms. The van der Waals surface area contributed by atoms with Gasteiger partial charge in [-0.15, -0.1) is 0 Å². The van der Waals surface area contributed by atoms with Crippen molar-refractivity contribution in [1.82, 2.24) is 0 Å². The normalized spacial score (nSPS) is 10.9. The number of hydrogen-bond acceptors (Lipinski definition) is 0. The summed E-state index contributed by atoms with van der Waals surface area (Å²) in [6.45, 7) is 0. The van der Waals surface area contributed by atoms with Gasteiger partial charge in [-0.2, -0.15) is 0 Å². The summed E-state index contributed by atoms with van der Waals surface area (Å²) in [5.74, 6) is 0. The second kappa shape index (κ2) is 9.80. The Morgan fingerprint density at radius 1 is 0.303 bits per heavy atom. The summed E-state index contributed by atoms with van der Waals surface area (Å²) in [4.78, 5) is 0. The van der Waals surface area contributed by atoms with Gasteiger partial charge in [0.05, 0.1) is 0 Å². The summed E-state index contributed by atoms with van der Waals surface area (Å²) >= 11 is 11.3. The third kappa shape index (κ3) is 4.77. The van der Waals surface area contributed by atoms with Crippen LogP contribution >= 0.6 is 47.8 Å². The lowest BCUT2D eigenvalue weighted by Gasteiger charge is -2.15. The molecule has 3 heteroatoms. The molecular formula is C30H19Br3. The maximum absolute atomic E-state index is 3.85. The van der Waals surface area contributed by atoms with E-state index in [4.69, 9.17) is 0 Å². The molecule has 0 nitrogen and oxygen atoms in total. The Kier molecular flexibility index (Phi) is 6.64. The highest BCUT2D eigenvalue weighted by Crippen LogP contribution is 2.40. The Bertz CT molecular complexity index is 1370. The monoisotopic (exact) mass is 616 g/mol. The van der Waals surface area contributed by atoms with Crippen molar-refractivity contribution >= 4 is 47.8 Å². The molecule has 0 unspecified atom stereocenters. The van der Waals surface area contributed by atoms with Gasteiger partial charge in [0, 0.05) is 13.4 Å². The number of hydrogen-bond donors (Lipinski definition) is 0. The Morgan fingerprint density at radius 2 is 0.758 bits per heavy atom. The predicted molar refractivity (Wildman–Crippen MR) is 151 cm³/mol. The first-order valence-corrected chi connectivity index (χ1v) is 13.0. The van der Waals surface area contributed by atoms with Crippen LogP contribution in [0.2, 0.25) is 0 Å². The lowest BCUT2D eigenvalue weighted by atomic mass is 9.92. The molecule has 0 heterocycles. The molecule has 0 aliphatic heterocycles. The lowest BCUT2D eigenvalue weighted by Crippen LogP contribution is -1.89. The van der Waals surface area contributed by atoms with Crippen molar-refractivity contribution < 1.29 is 0 Å². The van der Waals surface area contributed by atoms with Gasteiger partial charge >= 0.3 is 0 Å². The molecule has 0 spiro atoms. The van der Waals surface area contributed by atoms with Gasteiger partial charge in [-0.3, -0.25) is 0 Å². The molecule has 0 atom stereocenters. The molecule has 0 saturated carbocycles. The zero-order chi connectivity index (χ0) is 22.8. The average molecular weight is 619 g/mol. The van der Waals surface area contributed by atoms with E-state index in [1.54, 1.807) is 0 Å². The smallest absolute Gasteiger partial charge is 0.0259 e. The average Bonchev–Trinajstić information content (AvgIpc) is 2.85. The summed E-state index contributed by atoms with van der Waals surface area (Å²) in [6, 6.07) is 40.6. The molecule has 160 valence electrons. The van der Waals surface area contributed by atoms with Crippen molar-refractivity contribution in [1.29, 1.82) is 0 Å². The number of halogens is 3. The third-order valence-electron chi connectivity index (χ3n) is 5.69. The van der Waals surface area contributed by atoms with E-state index in [2.05, 4.69) is 145 Å². The maximum Gasteiger partial charge on any atom is 0.0259 e. The fourth-order valence-corrected chi connectivity index (χ4v) is 5.68. The van der Waals surface area contributed by atoms with Crippen molar-refractivity contribution in [2.45, 2.75) is 0 Å². The molecule has 0 N–H and O–H groups in total. The fraction of sp³-hybridized carbons (Fsp3) is 0. The zero-order valence-electron chi connectivity index (χ0n) is 17.6. The van der Waals surface area contributed by atoms with Crippen LogP contribution in [0.4, 0.5) is 0 Å². The van der Waals surface area contributed by atoms with E-state index in [0.29, 0.717) is 0 Å². The minimum atomic E-state index is 1.08. The summed E-state index contributed by atoms with van der Waals surface area (Å²) in [7, 11) is 0. The van der Waals surface area contributed by atoms with Crippen LogP contribution in [-0.4, -0.2) is 0 Å². The van der Waals surface area contributed by atoms with Gasteiger partial charge in [0.15, 0.2) is 0 Å². The molecule has 0 aliphatic rings. The third-order valence-corrected chi connectivity index (χ3v) is 7.73. The molecule has 0 aliphatic carbocycles. The van der Waals surface area contributed by atoms with E-state index in [0.717, 1.165) is 19.0 Å². The largest absolute Gasteiger partial charge is 0.0622 e. The summed E-state index contributed by atoms with van der Waals surface area (Å²) < 4.78 is 3.24. The highest BCUT2D eigenvalue weighted by molar-refractivity contribution is 9.11. The standard InChI is InChI=1S/C30H19Br3/c31-28-12-6-4-10-25(28)22-16-23(26-11-5-7-13-29(26)32)18-24(17-22)27-15-14-21(19-30(27)33)20-8-2-1-3-9-20/h1-19H. The zero-order valence-corrected chi connectivity index (χ0v) is 22.4. The molecule has 5 rings (SSSR count). The SMILES string of the molecule is Brc1ccccc1-c1cc(-c2ccccc2Br)cc(-c2ccc(-c3ccccc3)cc2Br)c1. The minimum absolute atomic E-state index is 1.08. The van der Waals surface area contributed by atoms with Crippen molar-refractivity contribution in [2.24, 2.45) is 0 Å². The highest BCUT2D eigenvalue weighted by atomic mass is 79.9. The van der Waals surface area contributed by atoms with Crippen molar-refractivity contribution in [3.8, 4) is 44.5 Å². The molecule has 0 bridgehead atoms. The first kappa shape index (κ1) is 22.3. The van der Waals surface area contributed by atoms with Gasteiger partial charge in [0.1, 0.15) is 0 Å². The fourth-order valence-electron chi connectivity index (χ4n) is 4.04. The van der Waals surface area contributed by atoms with Crippen molar-refractivity contribution in [3.05, 3.63) is 129 Å². The quantitative estimate of drug-likeness (QED) is 0.188. The second-order valence-corrected chi connectivity index (χ2v) is 10.4. The van der Waals surface area contributed by atoms with Crippen LogP contribution in [0.15, 0.2) is 129 Å². The van der Waals surface area contributed by atoms with Gasteiger partial charge in [-0.05, 0) is 80.9 Å². The van der Waals surface area contributed by atoms with Crippen LogP contribution in [0.5, 0.6) is 0 Å². The lowest BCUT2D eigenvalue weighted by molar-refractivity contribution is 1.52. The summed E-state index contributed by atoms with van der Waals surface area (Å²) in [6.07, 6.45) is 0. The molecule has 0 amide bonds. The number of benzene rings is 5. The maximum atomic E-state index is 3.85. The summed E-state index contributed by atoms with van der Waals surface area (Å²) in [5, 5.41) is 0. The van der Waals surface area contributed by atoms with Gasteiger partial charge in [0.2, 0.25) is 0 Å². The first-order valence-electron chi connectivity index (χ1n) is 10.6. The Hall–Kier alpha value is -2.46. The molecular weight excluding hydrogens is 600 g/mol. The van der Waals surface area contributed by atoms with Gasteiger partial charge in [-0.1, -0.05) is 127 Å². The minimum Gasteiger partial charge on any atom is -0.0622 e. The van der Waals surface area contributed by atoms with E-state index in [1.165, 1.54) is 38.9 Å². The van der Waals surface area contributed by atoms with Gasteiger partial charge < -0.3 is 0 Å². The molecule has 0 aromatic heterocycles. The molecule has 0 fully saturated rings. The molecule has 5 aromatic rings. The van der Waals surface area contributed by atoms with Crippen molar-refractivity contribution in [2.75, 3.05) is 0 Å². The van der Waals surface area contributed by atoms with E-state index in [1.807, 2.05) is 18.2 Å². The first-order chi connectivity index (χ1) is 16.1. The summed E-state index contributed by atoms with van der Waals surface area (Å²) in [5.41, 5.74) is 9.42. The Morgan fingerprint density at radius 3 is 1.24 bits per heavy atom. The topological polar surface area (TPSA) is 0 Å². The van der Waals surface area contributed by atoms with Crippen LogP contribution in [0.3, 0.4) is 0 Å². The van der Waals surface area contributed by atoms with Crippen LogP contribution < -0.4 is 0 Å². The Labute approximate surface area is 219 Å². The van der Waals surface area contributed by atoms with Crippen LogP contribution in [-0.2, 0) is 0 Å². The van der Waals surface area contributed by atoms with Crippen LogP contribution in [0.25, 0.3) is 44.5 Å². The van der Waals surface area contributed by atoms with Crippen LogP contribution in [0, 0.1) is 0 Å². The van der Waals surface area contributed by atoms with E-state index >= 15 is 0 Å². The number of rotatable bonds is 4. The molecule has 0 radical (unpaired) electrons. The highest BCUT2D eigenvalue weighted by Gasteiger charge is 2.13. The van der Waals surface area contributed by atoms with Gasteiger partial charge in [-0.25, -0.2) is 0 Å². The van der Waals surface area contributed by atoms with Crippen molar-refractivity contribution in [3.63, 3.8) is 0 Å². The Balaban J connectivity index is 1.69. The second-order valence-electron chi connectivity index (χ2n) is 7.82. The van der Waals surface area contributed by atoms with E-state index < -0.39 is 0 Å². The van der Waals surface area contributed by atoms with Gasteiger partial charge in [0.25, 0.3) is 0 Å².